The van der Waals surface area contributed by atoms with E-state index in [1.807, 2.05) is 12.1 Å². The Labute approximate surface area is 180 Å². The molecule has 29 heavy (non-hydrogen) atoms. The number of unbranched alkanes of at least 4 members (excludes halogenated alkanes) is 2. The summed E-state index contributed by atoms with van der Waals surface area (Å²) in [6, 6.07) is 6.69. The molecule has 5 heteroatoms. The summed E-state index contributed by atoms with van der Waals surface area (Å²) in [6.45, 7) is 9.62. The number of hydrogen-bond acceptors (Lipinski definition) is 2. The van der Waals surface area contributed by atoms with Crippen LogP contribution in [0.1, 0.15) is 78.2 Å². The standard InChI is InChI=1S/C24H41O3PS/c1-5-6-16-28(24-18-20(4)10-15-23(24)19(2)3)17-8-7-9-21-11-13-22(14-12-21)29(25,26)27/h11-14,19-20,23-24H,5-10,15-18H2,1-4H3,(H,25,26,27). The third-order valence-electron chi connectivity index (χ3n) is 6.64. The molecule has 1 fully saturated rings. The van der Waals surface area contributed by atoms with Crippen molar-refractivity contribution in [3.05, 3.63) is 29.8 Å². The van der Waals surface area contributed by atoms with E-state index in [1.54, 1.807) is 0 Å². The fourth-order valence-electron chi connectivity index (χ4n) is 4.85. The summed E-state index contributed by atoms with van der Waals surface area (Å²) in [6.07, 6.45) is 13.2. The highest BCUT2D eigenvalue weighted by molar-refractivity contribution is 7.85. The Bertz CT molecular complexity index is 699. The van der Waals surface area contributed by atoms with Crippen LogP contribution >= 0.6 is 7.92 Å². The van der Waals surface area contributed by atoms with E-state index in [0.717, 1.165) is 41.8 Å². The highest BCUT2D eigenvalue weighted by Gasteiger charge is 2.34. The van der Waals surface area contributed by atoms with Crippen LogP contribution in [0.2, 0.25) is 0 Å². The number of benzene rings is 1. The summed E-state index contributed by atoms with van der Waals surface area (Å²) in [5, 5.41) is 0. The van der Waals surface area contributed by atoms with E-state index in [2.05, 4.69) is 27.7 Å². The van der Waals surface area contributed by atoms with Gasteiger partial charge in [-0.15, -0.1) is 7.92 Å². The Balaban J connectivity index is 1.91. The third kappa shape index (κ3) is 7.96. The van der Waals surface area contributed by atoms with Crippen LogP contribution in [0.25, 0.3) is 0 Å². The molecule has 1 N–H and O–H groups in total. The van der Waals surface area contributed by atoms with Gasteiger partial charge in [0.1, 0.15) is 0 Å². The molecular weight excluding hydrogens is 399 g/mol. The van der Waals surface area contributed by atoms with Crippen LogP contribution < -0.4 is 0 Å². The molecule has 1 aromatic rings. The van der Waals surface area contributed by atoms with Gasteiger partial charge >= 0.3 is 0 Å². The van der Waals surface area contributed by atoms with Gasteiger partial charge in [0.2, 0.25) is 0 Å². The molecule has 4 atom stereocenters. The molecule has 0 heterocycles. The second kappa shape index (κ2) is 11.8. The van der Waals surface area contributed by atoms with Crippen molar-refractivity contribution in [3.8, 4) is 0 Å². The van der Waals surface area contributed by atoms with Crippen molar-refractivity contribution >= 4 is 18.0 Å². The predicted molar refractivity (Wildman–Crippen MR) is 126 cm³/mol. The smallest absolute Gasteiger partial charge is 0.282 e. The molecule has 0 spiro atoms. The van der Waals surface area contributed by atoms with Crippen molar-refractivity contribution in [2.75, 3.05) is 12.3 Å². The predicted octanol–water partition coefficient (Wildman–Crippen LogP) is 7.00. The lowest BCUT2D eigenvalue weighted by molar-refractivity contribution is 0.240. The number of rotatable bonds is 11. The summed E-state index contributed by atoms with van der Waals surface area (Å²) in [4.78, 5) is -0.0181. The Morgan fingerprint density at radius 3 is 2.31 bits per heavy atom. The molecule has 1 aromatic carbocycles. The number of aryl methyl sites for hydroxylation is 1. The lowest BCUT2D eigenvalue weighted by atomic mass is 9.77. The zero-order chi connectivity index (χ0) is 21.4. The molecule has 0 amide bonds. The molecule has 1 saturated carbocycles. The molecule has 0 aromatic heterocycles. The van der Waals surface area contributed by atoms with Crippen LogP contribution in [-0.2, 0) is 16.5 Å². The molecule has 0 radical (unpaired) electrons. The molecule has 3 nitrogen and oxygen atoms in total. The zero-order valence-corrected chi connectivity index (χ0v) is 20.5. The van der Waals surface area contributed by atoms with Gasteiger partial charge in [-0.1, -0.05) is 52.7 Å². The molecular formula is C24H41O3PS. The van der Waals surface area contributed by atoms with E-state index in [4.69, 9.17) is 4.55 Å². The summed E-state index contributed by atoms with van der Waals surface area (Å²) in [7, 11) is -3.99. The van der Waals surface area contributed by atoms with E-state index >= 15 is 0 Å². The molecule has 166 valence electrons. The average Bonchev–Trinajstić information content (AvgIpc) is 2.66. The third-order valence-corrected chi connectivity index (χ3v) is 10.8. The van der Waals surface area contributed by atoms with Crippen molar-refractivity contribution in [2.24, 2.45) is 17.8 Å². The Hall–Kier alpha value is -0.440. The quantitative estimate of drug-likeness (QED) is 0.229. The van der Waals surface area contributed by atoms with E-state index < -0.39 is 10.1 Å². The Morgan fingerprint density at radius 2 is 1.72 bits per heavy atom. The minimum absolute atomic E-state index is 0.0181. The summed E-state index contributed by atoms with van der Waals surface area (Å²) in [5.41, 5.74) is 2.11. The first kappa shape index (κ1) is 24.8. The maximum absolute atomic E-state index is 11.2. The second-order valence-electron chi connectivity index (χ2n) is 9.36. The van der Waals surface area contributed by atoms with Crippen LogP contribution in [0.15, 0.2) is 29.2 Å². The van der Waals surface area contributed by atoms with Crippen molar-refractivity contribution in [1.82, 2.24) is 0 Å². The normalized spacial score (nSPS) is 24.0. The van der Waals surface area contributed by atoms with Gasteiger partial charge in [0.15, 0.2) is 0 Å². The van der Waals surface area contributed by atoms with Gasteiger partial charge in [-0.3, -0.25) is 4.55 Å². The van der Waals surface area contributed by atoms with E-state index in [0.29, 0.717) is 0 Å². The Kier molecular flexibility index (Phi) is 10.1. The SMILES string of the molecule is CCCCP(CCCCc1ccc(S(=O)(=O)O)cc1)C1CC(C)CCC1C(C)C. The zero-order valence-electron chi connectivity index (χ0n) is 18.8. The van der Waals surface area contributed by atoms with Gasteiger partial charge in [-0.2, -0.15) is 8.42 Å². The van der Waals surface area contributed by atoms with E-state index in [1.165, 1.54) is 63.0 Å². The molecule has 2 rings (SSSR count). The van der Waals surface area contributed by atoms with Crippen LogP contribution in [0, 0.1) is 17.8 Å². The van der Waals surface area contributed by atoms with Crippen molar-refractivity contribution in [1.29, 1.82) is 0 Å². The van der Waals surface area contributed by atoms with Gasteiger partial charge in [0, 0.05) is 0 Å². The van der Waals surface area contributed by atoms with Crippen LogP contribution in [0.4, 0.5) is 0 Å². The van der Waals surface area contributed by atoms with E-state index in [9.17, 15) is 8.42 Å². The minimum Gasteiger partial charge on any atom is -0.282 e. The van der Waals surface area contributed by atoms with Gasteiger partial charge in [-0.25, -0.2) is 0 Å². The highest BCUT2D eigenvalue weighted by atomic mass is 32.2. The average molecular weight is 441 g/mol. The van der Waals surface area contributed by atoms with Crippen molar-refractivity contribution < 1.29 is 13.0 Å². The molecule has 0 bridgehead atoms. The second-order valence-corrected chi connectivity index (χ2v) is 13.5. The topological polar surface area (TPSA) is 54.4 Å². The van der Waals surface area contributed by atoms with Crippen LogP contribution in [-0.4, -0.2) is 31.0 Å². The van der Waals surface area contributed by atoms with E-state index in [-0.39, 0.29) is 12.8 Å². The maximum Gasteiger partial charge on any atom is 0.294 e. The lowest BCUT2D eigenvalue weighted by Gasteiger charge is -2.42. The minimum atomic E-state index is -4.09. The first-order valence-corrected chi connectivity index (χ1v) is 14.7. The molecule has 0 aliphatic heterocycles. The molecule has 4 unspecified atom stereocenters. The summed E-state index contributed by atoms with van der Waals surface area (Å²) in [5.74, 6) is 2.62. The first-order chi connectivity index (χ1) is 13.7. The van der Waals surface area contributed by atoms with Gasteiger partial charge in [0.25, 0.3) is 10.1 Å². The first-order valence-electron chi connectivity index (χ1n) is 11.5. The summed E-state index contributed by atoms with van der Waals surface area (Å²) >= 11 is 0. The van der Waals surface area contributed by atoms with Crippen LogP contribution in [0.5, 0.6) is 0 Å². The van der Waals surface area contributed by atoms with Gasteiger partial charge in [-0.05, 0) is 92.0 Å². The molecule has 1 aliphatic rings. The largest absolute Gasteiger partial charge is 0.294 e. The van der Waals surface area contributed by atoms with Gasteiger partial charge < -0.3 is 0 Å². The fraction of sp³-hybridized carbons (Fsp3) is 0.750. The molecule has 0 saturated heterocycles. The Morgan fingerprint density at radius 1 is 1.07 bits per heavy atom. The number of hydrogen-bond donors (Lipinski definition) is 1. The van der Waals surface area contributed by atoms with Crippen LogP contribution in [0.3, 0.4) is 0 Å². The fourth-order valence-corrected chi connectivity index (χ4v) is 9.26. The van der Waals surface area contributed by atoms with Crippen molar-refractivity contribution in [2.45, 2.75) is 89.6 Å². The maximum atomic E-state index is 11.2. The van der Waals surface area contributed by atoms with Crippen molar-refractivity contribution in [3.63, 3.8) is 0 Å². The summed E-state index contributed by atoms with van der Waals surface area (Å²) < 4.78 is 31.4. The molecule has 1 aliphatic carbocycles. The van der Waals surface area contributed by atoms with Gasteiger partial charge in [0.05, 0.1) is 4.90 Å². The highest BCUT2D eigenvalue weighted by Crippen LogP contribution is 2.54. The lowest BCUT2D eigenvalue weighted by Crippen LogP contribution is -2.32. The monoisotopic (exact) mass is 440 g/mol.